The van der Waals surface area contributed by atoms with Crippen LogP contribution in [0.5, 0.6) is 11.5 Å². The van der Waals surface area contributed by atoms with Crippen LogP contribution in [0.25, 0.3) is 10.7 Å². The molecule has 1 atom stereocenters. The summed E-state index contributed by atoms with van der Waals surface area (Å²) in [6.07, 6.45) is 0.863. The van der Waals surface area contributed by atoms with E-state index in [4.69, 9.17) is 9.47 Å². The Morgan fingerprint density at radius 3 is 2.75 bits per heavy atom. The van der Waals surface area contributed by atoms with Crippen molar-refractivity contribution in [3.05, 3.63) is 41.3 Å². The van der Waals surface area contributed by atoms with Crippen molar-refractivity contribution in [3.63, 3.8) is 0 Å². The molecule has 32 heavy (non-hydrogen) atoms. The Morgan fingerprint density at radius 1 is 1.22 bits per heavy atom. The molecule has 9 heteroatoms. The predicted octanol–water partition coefficient (Wildman–Crippen LogP) is 4.79. The standard InChI is InChI=1S/C23H28N4O3S2/c1-4-27-22(19-7-5-12-31-19)25-26-23(27)32-14-20(28)24-21(15(2)3)16-8-9-17-18(13-16)30-11-6-10-29-17/h5,7-9,12-13,15,21H,4,6,10-11,14H2,1-3H3,(H,24,28)/t21-/m0/s1. The Kier molecular flexibility index (Phi) is 7.36. The molecule has 3 heterocycles. The van der Waals surface area contributed by atoms with Crippen LogP contribution in [0.1, 0.15) is 38.8 Å². The third kappa shape index (κ3) is 5.10. The summed E-state index contributed by atoms with van der Waals surface area (Å²) in [5.41, 5.74) is 1.01. The van der Waals surface area contributed by atoms with Crippen LogP contribution in [0.3, 0.4) is 0 Å². The monoisotopic (exact) mass is 472 g/mol. The van der Waals surface area contributed by atoms with Crippen molar-refractivity contribution in [3.8, 4) is 22.2 Å². The van der Waals surface area contributed by atoms with Gasteiger partial charge in [-0.05, 0) is 42.0 Å². The van der Waals surface area contributed by atoms with Gasteiger partial charge in [0.25, 0.3) is 0 Å². The molecule has 0 bridgehead atoms. The van der Waals surface area contributed by atoms with Crippen LogP contribution in [0.15, 0.2) is 40.9 Å². The Hall–Kier alpha value is -2.52. The van der Waals surface area contributed by atoms with Crippen LogP contribution in [0.4, 0.5) is 0 Å². The molecule has 0 radical (unpaired) electrons. The molecule has 3 aromatic rings. The van der Waals surface area contributed by atoms with E-state index >= 15 is 0 Å². The third-order valence-corrected chi connectivity index (χ3v) is 7.05. The minimum Gasteiger partial charge on any atom is -0.490 e. The Labute approximate surface area is 196 Å². The van der Waals surface area contributed by atoms with E-state index < -0.39 is 0 Å². The van der Waals surface area contributed by atoms with Gasteiger partial charge in [0.15, 0.2) is 22.5 Å². The number of ether oxygens (including phenoxy) is 2. The number of thioether (sulfide) groups is 1. The Morgan fingerprint density at radius 2 is 2.03 bits per heavy atom. The number of carbonyl (C=O) groups is 1. The zero-order valence-corrected chi connectivity index (χ0v) is 20.2. The highest BCUT2D eigenvalue weighted by Crippen LogP contribution is 2.34. The van der Waals surface area contributed by atoms with Gasteiger partial charge in [-0.3, -0.25) is 4.79 Å². The van der Waals surface area contributed by atoms with Gasteiger partial charge in [-0.15, -0.1) is 21.5 Å². The van der Waals surface area contributed by atoms with E-state index in [-0.39, 0.29) is 23.6 Å². The average Bonchev–Trinajstić information content (AvgIpc) is 3.40. The number of fused-ring (bicyclic) bond motifs is 1. The number of hydrogen-bond acceptors (Lipinski definition) is 7. The fraction of sp³-hybridized carbons (Fsp3) is 0.435. The molecule has 1 amide bonds. The number of rotatable bonds is 8. The van der Waals surface area contributed by atoms with Crippen LogP contribution < -0.4 is 14.8 Å². The van der Waals surface area contributed by atoms with Gasteiger partial charge < -0.3 is 19.4 Å². The average molecular weight is 473 g/mol. The van der Waals surface area contributed by atoms with Crippen molar-refractivity contribution in [1.82, 2.24) is 20.1 Å². The summed E-state index contributed by atoms with van der Waals surface area (Å²) in [6, 6.07) is 9.84. The lowest BCUT2D eigenvalue weighted by molar-refractivity contribution is -0.119. The highest BCUT2D eigenvalue weighted by molar-refractivity contribution is 7.99. The number of amides is 1. The first-order valence-corrected chi connectivity index (χ1v) is 12.7. The van der Waals surface area contributed by atoms with Crippen molar-refractivity contribution in [2.75, 3.05) is 19.0 Å². The van der Waals surface area contributed by atoms with E-state index in [1.807, 2.05) is 40.3 Å². The summed E-state index contributed by atoms with van der Waals surface area (Å²) in [5.74, 6) is 2.80. The highest BCUT2D eigenvalue weighted by atomic mass is 32.2. The number of benzene rings is 1. The second-order valence-electron chi connectivity index (χ2n) is 7.86. The zero-order valence-electron chi connectivity index (χ0n) is 18.5. The van der Waals surface area contributed by atoms with Gasteiger partial charge in [-0.2, -0.15) is 0 Å². The van der Waals surface area contributed by atoms with Crippen LogP contribution in [-0.2, 0) is 11.3 Å². The fourth-order valence-electron chi connectivity index (χ4n) is 3.62. The molecule has 1 N–H and O–H groups in total. The van der Waals surface area contributed by atoms with E-state index in [1.165, 1.54) is 11.8 Å². The molecule has 1 aliphatic heterocycles. The van der Waals surface area contributed by atoms with E-state index in [0.29, 0.717) is 13.2 Å². The molecule has 0 spiro atoms. The van der Waals surface area contributed by atoms with E-state index in [9.17, 15) is 4.79 Å². The minimum atomic E-state index is -0.119. The largest absolute Gasteiger partial charge is 0.490 e. The molecule has 0 saturated heterocycles. The quantitative estimate of drug-likeness (QED) is 0.475. The zero-order chi connectivity index (χ0) is 22.5. The molecule has 1 aromatic carbocycles. The normalized spacial score (nSPS) is 14.2. The second-order valence-corrected chi connectivity index (χ2v) is 9.75. The maximum Gasteiger partial charge on any atom is 0.230 e. The summed E-state index contributed by atoms with van der Waals surface area (Å²) in [6.45, 7) is 8.30. The van der Waals surface area contributed by atoms with Gasteiger partial charge >= 0.3 is 0 Å². The number of nitrogens with one attached hydrogen (secondary N) is 1. The van der Waals surface area contributed by atoms with E-state index in [0.717, 1.165) is 45.9 Å². The maximum absolute atomic E-state index is 12.8. The smallest absolute Gasteiger partial charge is 0.230 e. The van der Waals surface area contributed by atoms with E-state index in [2.05, 4.69) is 36.3 Å². The summed E-state index contributed by atoms with van der Waals surface area (Å²) in [4.78, 5) is 13.9. The predicted molar refractivity (Wildman–Crippen MR) is 128 cm³/mol. The summed E-state index contributed by atoms with van der Waals surface area (Å²) in [5, 5.41) is 14.6. The van der Waals surface area contributed by atoms with Crippen molar-refractivity contribution in [2.24, 2.45) is 5.92 Å². The molecular formula is C23H28N4O3S2. The molecular weight excluding hydrogens is 444 g/mol. The fourth-order valence-corrected chi connectivity index (χ4v) is 5.15. The number of nitrogens with zero attached hydrogens (tertiary/aromatic N) is 3. The molecule has 0 fully saturated rings. The maximum atomic E-state index is 12.8. The van der Waals surface area contributed by atoms with Gasteiger partial charge in [0.05, 0.1) is 29.9 Å². The Balaban J connectivity index is 1.43. The third-order valence-electron chi connectivity index (χ3n) is 5.22. The molecule has 0 aliphatic carbocycles. The van der Waals surface area contributed by atoms with Crippen molar-refractivity contribution in [1.29, 1.82) is 0 Å². The lowest BCUT2D eigenvalue weighted by Gasteiger charge is -2.24. The topological polar surface area (TPSA) is 78.3 Å². The van der Waals surface area contributed by atoms with Crippen molar-refractivity contribution >= 4 is 29.0 Å². The van der Waals surface area contributed by atoms with Crippen LogP contribution in [0, 0.1) is 5.92 Å². The first kappa shape index (κ1) is 22.7. The molecule has 0 saturated carbocycles. The number of thiophene rings is 1. The van der Waals surface area contributed by atoms with Gasteiger partial charge in [-0.25, -0.2) is 0 Å². The second kappa shape index (κ2) is 10.4. The van der Waals surface area contributed by atoms with Gasteiger partial charge in [0, 0.05) is 13.0 Å². The number of aromatic nitrogens is 3. The van der Waals surface area contributed by atoms with Gasteiger partial charge in [0.2, 0.25) is 5.91 Å². The lowest BCUT2D eigenvalue weighted by atomic mass is 9.95. The first-order valence-electron chi connectivity index (χ1n) is 10.9. The number of carbonyl (C=O) groups excluding carboxylic acids is 1. The highest BCUT2D eigenvalue weighted by Gasteiger charge is 2.22. The van der Waals surface area contributed by atoms with Gasteiger partial charge in [0.1, 0.15) is 0 Å². The summed E-state index contributed by atoms with van der Waals surface area (Å²) >= 11 is 3.04. The van der Waals surface area contributed by atoms with Crippen LogP contribution in [0.2, 0.25) is 0 Å². The summed E-state index contributed by atoms with van der Waals surface area (Å²) < 4.78 is 13.6. The van der Waals surface area contributed by atoms with E-state index in [1.54, 1.807) is 11.3 Å². The van der Waals surface area contributed by atoms with Crippen LogP contribution in [-0.4, -0.2) is 39.6 Å². The van der Waals surface area contributed by atoms with Crippen LogP contribution >= 0.6 is 23.1 Å². The number of hydrogen-bond donors (Lipinski definition) is 1. The first-order chi connectivity index (χ1) is 15.6. The Bertz CT molecular complexity index is 1050. The molecule has 1 aliphatic rings. The van der Waals surface area contributed by atoms with Crippen molar-refractivity contribution < 1.29 is 14.3 Å². The molecule has 170 valence electrons. The molecule has 0 unspecified atom stereocenters. The molecule has 4 rings (SSSR count). The lowest BCUT2D eigenvalue weighted by Crippen LogP contribution is -2.33. The van der Waals surface area contributed by atoms with Gasteiger partial charge in [-0.1, -0.05) is 37.7 Å². The summed E-state index contributed by atoms with van der Waals surface area (Å²) in [7, 11) is 0. The molecule has 7 nitrogen and oxygen atoms in total. The molecule has 2 aromatic heterocycles. The minimum absolute atomic E-state index is 0.0378. The SMILES string of the molecule is CCn1c(SCC(=O)N[C@H](c2ccc3c(c2)OCCCO3)C(C)C)nnc1-c1cccs1. The van der Waals surface area contributed by atoms with Crippen molar-refractivity contribution in [2.45, 2.75) is 44.9 Å².